The van der Waals surface area contributed by atoms with E-state index in [0.29, 0.717) is 0 Å². The molecule has 0 aromatic heterocycles. The molecule has 2 aliphatic heterocycles. The van der Waals surface area contributed by atoms with Crippen molar-refractivity contribution in [2.24, 2.45) is 11.8 Å². The standard InChI is InChI=1S/C12H15NO3/c1-12(2,3)16-11(14)10-7(6-13)8-4-5-9(10)15-8/h4-5,7-10H,1-3H3. The molecule has 86 valence electrons. The summed E-state index contributed by atoms with van der Waals surface area (Å²) in [7, 11) is 0. The van der Waals surface area contributed by atoms with Crippen molar-refractivity contribution in [1.82, 2.24) is 0 Å². The summed E-state index contributed by atoms with van der Waals surface area (Å²) in [5.74, 6) is -1.22. The van der Waals surface area contributed by atoms with Crippen LogP contribution < -0.4 is 0 Å². The lowest BCUT2D eigenvalue weighted by molar-refractivity contribution is -0.161. The van der Waals surface area contributed by atoms with Gasteiger partial charge in [-0.25, -0.2) is 0 Å². The lowest BCUT2D eigenvalue weighted by Crippen LogP contribution is -2.36. The van der Waals surface area contributed by atoms with Crippen molar-refractivity contribution in [2.75, 3.05) is 0 Å². The van der Waals surface area contributed by atoms with Crippen LogP contribution in [0.5, 0.6) is 0 Å². The molecule has 2 rings (SSSR count). The van der Waals surface area contributed by atoms with Gasteiger partial charge in [-0.05, 0) is 20.8 Å². The third-order valence-electron chi connectivity index (χ3n) is 2.73. The molecule has 16 heavy (non-hydrogen) atoms. The van der Waals surface area contributed by atoms with Crippen molar-refractivity contribution < 1.29 is 14.3 Å². The zero-order valence-corrected chi connectivity index (χ0v) is 9.64. The van der Waals surface area contributed by atoms with Crippen LogP contribution in [0.25, 0.3) is 0 Å². The first kappa shape index (κ1) is 11.2. The summed E-state index contributed by atoms with van der Waals surface area (Å²) < 4.78 is 10.8. The van der Waals surface area contributed by atoms with Gasteiger partial charge < -0.3 is 9.47 Å². The number of nitrogens with zero attached hydrogens (tertiary/aromatic N) is 1. The molecule has 4 heteroatoms. The molecule has 1 saturated heterocycles. The Bertz CT molecular complexity index is 375. The number of carbonyl (C=O) groups is 1. The van der Waals surface area contributed by atoms with Gasteiger partial charge in [-0.15, -0.1) is 0 Å². The minimum atomic E-state index is -0.525. The molecule has 0 aromatic carbocycles. The first-order valence-corrected chi connectivity index (χ1v) is 5.38. The van der Waals surface area contributed by atoms with E-state index < -0.39 is 17.4 Å². The molecular weight excluding hydrogens is 206 g/mol. The number of carbonyl (C=O) groups excluding carboxylic acids is 1. The highest BCUT2D eigenvalue weighted by molar-refractivity contribution is 5.76. The topological polar surface area (TPSA) is 59.3 Å². The maximum Gasteiger partial charge on any atom is 0.313 e. The van der Waals surface area contributed by atoms with Gasteiger partial charge in [0, 0.05) is 0 Å². The molecule has 0 spiro atoms. The molecule has 0 aliphatic carbocycles. The summed E-state index contributed by atoms with van der Waals surface area (Å²) in [6.45, 7) is 5.45. The monoisotopic (exact) mass is 221 g/mol. The average molecular weight is 221 g/mol. The molecule has 2 aliphatic rings. The highest BCUT2D eigenvalue weighted by atomic mass is 16.6. The van der Waals surface area contributed by atoms with Gasteiger partial charge in [0.05, 0.1) is 24.2 Å². The molecular formula is C12H15NO3. The van der Waals surface area contributed by atoms with Crippen LogP contribution in [0.2, 0.25) is 0 Å². The molecule has 4 nitrogen and oxygen atoms in total. The van der Waals surface area contributed by atoms with Crippen LogP contribution in [0, 0.1) is 23.2 Å². The van der Waals surface area contributed by atoms with Gasteiger partial charge in [0.1, 0.15) is 11.5 Å². The van der Waals surface area contributed by atoms with Crippen LogP contribution in [0.1, 0.15) is 20.8 Å². The smallest absolute Gasteiger partial charge is 0.313 e. The first-order chi connectivity index (χ1) is 7.42. The van der Waals surface area contributed by atoms with Crippen LogP contribution >= 0.6 is 0 Å². The molecule has 2 heterocycles. The van der Waals surface area contributed by atoms with Crippen LogP contribution in [0.4, 0.5) is 0 Å². The second-order valence-electron chi connectivity index (χ2n) is 5.16. The van der Waals surface area contributed by atoms with Gasteiger partial charge in [-0.3, -0.25) is 4.79 Å². The maximum absolute atomic E-state index is 11.9. The van der Waals surface area contributed by atoms with Crippen molar-refractivity contribution in [3.05, 3.63) is 12.2 Å². The molecule has 4 unspecified atom stereocenters. The highest BCUT2D eigenvalue weighted by Crippen LogP contribution is 2.39. The van der Waals surface area contributed by atoms with E-state index in [-0.39, 0.29) is 18.2 Å². The van der Waals surface area contributed by atoms with Crippen molar-refractivity contribution in [3.63, 3.8) is 0 Å². The van der Waals surface area contributed by atoms with Crippen LogP contribution in [0.15, 0.2) is 12.2 Å². The summed E-state index contributed by atoms with van der Waals surface area (Å²) in [6.07, 6.45) is 3.16. The molecule has 0 amide bonds. The summed E-state index contributed by atoms with van der Waals surface area (Å²) in [6, 6.07) is 2.14. The Labute approximate surface area is 94.8 Å². The Morgan fingerprint density at radius 3 is 2.56 bits per heavy atom. The summed E-state index contributed by atoms with van der Waals surface area (Å²) >= 11 is 0. The number of fused-ring (bicyclic) bond motifs is 2. The Kier molecular flexibility index (Phi) is 2.51. The average Bonchev–Trinajstić information content (AvgIpc) is 2.72. The molecule has 1 fully saturated rings. The predicted octanol–water partition coefficient (Wildman–Crippen LogP) is 1.42. The van der Waals surface area contributed by atoms with Crippen molar-refractivity contribution in [2.45, 2.75) is 38.6 Å². The Morgan fingerprint density at radius 1 is 1.38 bits per heavy atom. The van der Waals surface area contributed by atoms with Gasteiger partial charge in [0.2, 0.25) is 0 Å². The molecule has 2 bridgehead atoms. The lowest BCUT2D eigenvalue weighted by Gasteiger charge is -2.25. The van der Waals surface area contributed by atoms with Gasteiger partial charge in [-0.1, -0.05) is 12.2 Å². The van der Waals surface area contributed by atoms with E-state index in [1.807, 2.05) is 32.9 Å². The fourth-order valence-corrected chi connectivity index (χ4v) is 2.11. The normalized spacial score (nSPS) is 36.1. The van der Waals surface area contributed by atoms with E-state index in [2.05, 4.69) is 6.07 Å². The third kappa shape index (κ3) is 1.83. The molecule has 0 radical (unpaired) electrons. The molecule has 0 N–H and O–H groups in total. The maximum atomic E-state index is 11.9. The second-order valence-corrected chi connectivity index (χ2v) is 5.16. The van der Waals surface area contributed by atoms with Gasteiger partial charge >= 0.3 is 5.97 Å². The fraction of sp³-hybridized carbons (Fsp3) is 0.667. The Balaban J connectivity index is 2.13. The third-order valence-corrected chi connectivity index (χ3v) is 2.73. The molecule has 4 atom stereocenters. The van der Waals surface area contributed by atoms with E-state index in [1.165, 1.54) is 0 Å². The van der Waals surface area contributed by atoms with E-state index in [4.69, 9.17) is 14.7 Å². The van der Waals surface area contributed by atoms with Crippen molar-refractivity contribution in [1.29, 1.82) is 5.26 Å². The number of hydrogen-bond acceptors (Lipinski definition) is 4. The predicted molar refractivity (Wildman–Crippen MR) is 56.2 cm³/mol. The second kappa shape index (κ2) is 3.60. The minimum Gasteiger partial charge on any atom is -0.460 e. The molecule has 0 aromatic rings. The Hall–Kier alpha value is -1.34. The van der Waals surface area contributed by atoms with E-state index in [9.17, 15) is 4.79 Å². The minimum absolute atomic E-state index is 0.243. The van der Waals surface area contributed by atoms with Gasteiger partial charge in [-0.2, -0.15) is 5.26 Å². The Morgan fingerprint density at radius 2 is 2.00 bits per heavy atom. The quantitative estimate of drug-likeness (QED) is 0.496. The number of ether oxygens (including phenoxy) is 2. The van der Waals surface area contributed by atoms with Crippen LogP contribution in [-0.4, -0.2) is 23.8 Å². The SMILES string of the molecule is CC(C)(C)OC(=O)C1C2C=CC(O2)C1C#N. The van der Waals surface area contributed by atoms with E-state index in [0.717, 1.165) is 0 Å². The number of hydrogen-bond donors (Lipinski definition) is 0. The van der Waals surface area contributed by atoms with Crippen molar-refractivity contribution in [3.8, 4) is 6.07 Å². The number of esters is 1. The van der Waals surface area contributed by atoms with Crippen molar-refractivity contribution >= 4 is 5.97 Å². The fourth-order valence-electron chi connectivity index (χ4n) is 2.11. The van der Waals surface area contributed by atoms with E-state index >= 15 is 0 Å². The van der Waals surface area contributed by atoms with Crippen LogP contribution in [0.3, 0.4) is 0 Å². The summed E-state index contributed by atoms with van der Waals surface area (Å²) in [5.41, 5.74) is -0.525. The van der Waals surface area contributed by atoms with E-state index in [1.54, 1.807) is 0 Å². The van der Waals surface area contributed by atoms with Crippen LogP contribution in [-0.2, 0) is 14.3 Å². The number of nitriles is 1. The summed E-state index contributed by atoms with van der Waals surface area (Å²) in [5, 5.41) is 9.03. The molecule has 0 saturated carbocycles. The lowest BCUT2D eigenvalue weighted by atomic mass is 9.84. The zero-order valence-electron chi connectivity index (χ0n) is 9.64. The van der Waals surface area contributed by atoms with Gasteiger partial charge in [0.15, 0.2) is 0 Å². The largest absolute Gasteiger partial charge is 0.460 e. The summed E-state index contributed by atoms with van der Waals surface area (Å²) in [4.78, 5) is 11.9. The van der Waals surface area contributed by atoms with Gasteiger partial charge in [0.25, 0.3) is 0 Å². The number of rotatable bonds is 1. The zero-order chi connectivity index (χ0) is 11.9. The first-order valence-electron chi connectivity index (χ1n) is 5.38. The highest BCUT2D eigenvalue weighted by Gasteiger charge is 2.51.